The van der Waals surface area contributed by atoms with E-state index in [1.165, 1.54) is 18.2 Å². The lowest BCUT2D eigenvalue weighted by Gasteiger charge is -2.27. The van der Waals surface area contributed by atoms with Crippen LogP contribution >= 0.6 is 0 Å². The molecule has 156 valence electrons. The normalized spacial score (nSPS) is 15.3. The van der Waals surface area contributed by atoms with Crippen molar-refractivity contribution >= 4 is 11.9 Å². The second kappa shape index (κ2) is 13.1. The summed E-state index contributed by atoms with van der Waals surface area (Å²) in [4.78, 5) is 17.8. The highest BCUT2D eigenvalue weighted by Crippen LogP contribution is 2.13. The number of esters is 1. The lowest BCUT2D eigenvalue weighted by Crippen LogP contribution is -2.38. The van der Waals surface area contributed by atoms with Gasteiger partial charge in [0.05, 0.1) is 20.3 Å². The summed E-state index contributed by atoms with van der Waals surface area (Å²) in [5.41, 5.74) is 2.63. The van der Waals surface area contributed by atoms with Gasteiger partial charge in [-0.1, -0.05) is 30.7 Å². The quantitative estimate of drug-likeness (QED) is 0.275. The summed E-state index contributed by atoms with van der Waals surface area (Å²) < 4.78 is 10.1. The topological polar surface area (TPSA) is 75.2 Å². The fourth-order valence-corrected chi connectivity index (χ4v) is 3.16. The van der Waals surface area contributed by atoms with Crippen molar-refractivity contribution in [2.24, 2.45) is 4.99 Å². The number of nitrogens with one attached hydrogen (secondary N) is 2. The van der Waals surface area contributed by atoms with Crippen LogP contribution in [0.25, 0.3) is 0 Å². The third-order valence-corrected chi connectivity index (χ3v) is 4.86. The van der Waals surface area contributed by atoms with Crippen LogP contribution in [0.3, 0.4) is 0 Å². The second-order valence-corrected chi connectivity index (χ2v) is 6.90. The van der Waals surface area contributed by atoms with Gasteiger partial charge in [-0.05, 0) is 24.0 Å². The summed E-state index contributed by atoms with van der Waals surface area (Å²) in [5, 5.41) is 6.74. The van der Waals surface area contributed by atoms with Gasteiger partial charge in [0.25, 0.3) is 0 Å². The molecule has 2 rings (SSSR count). The Morgan fingerprint density at radius 2 is 1.89 bits per heavy atom. The monoisotopic (exact) mass is 390 g/mol. The van der Waals surface area contributed by atoms with E-state index in [9.17, 15) is 4.79 Å². The Hall–Kier alpha value is -2.12. The SMILES string of the molecule is CN=C(NCCCCCC(=O)OC)NCc1ccccc1CN1CCOCC1. The number of hydrogen-bond donors (Lipinski definition) is 2. The Balaban J connectivity index is 1.71. The molecule has 0 atom stereocenters. The molecule has 1 aromatic carbocycles. The summed E-state index contributed by atoms with van der Waals surface area (Å²) in [6.07, 6.45) is 3.32. The Kier molecular flexibility index (Phi) is 10.4. The van der Waals surface area contributed by atoms with Crippen molar-refractivity contribution < 1.29 is 14.3 Å². The number of unbranched alkanes of at least 4 members (excludes halogenated alkanes) is 2. The molecule has 0 aromatic heterocycles. The number of aliphatic imine (C=N–C) groups is 1. The molecule has 2 N–H and O–H groups in total. The summed E-state index contributed by atoms with van der Waals surface area (Å²) in [7, 11) is 3.21. The van der Waals surface area contributed by atoms with Crippen LogP contribution in [-0.4, -0.2) is 63.8 Å². The van der Waals surface area contributed by atoms with Crippen molar-refractivity contribution in [2.45, 2.75) is 38.8 Å². The molecule has 7 nitrogen and oxygen atoms in total. The summed E-state index contributed by atoms with van der Waals surface area (Å²) >= 11 is 0. The molecule has 1 aliphatic rings. The number of methoxy groups -OCH3 is 1. The van der Waals surface area contributed by atoms with E-state index in [4.69, 9.17) is 4.74 Å². The summed E-state index contributed by atoms with van der Waals surface area (Å²) in [5.74, 6) is 0.662. The molecule has 0 unspecified atom stereocenters. The van der Waals surface area contributed by atoms with Crippen molar-refractivity contribution in [3.05, 3.63) is 35.4 Å². The molecule has 0 radical (unpaired) electrons. The van der Waals surface area contributed by atoms with Gasteiger partial charge in [0, 0.05) is 46.2 Å². The first-order chi connectivity index (χ1) is 13.7. The van der Waals surface area contributed by atoms with Gasteiger partial charge >= 0.3 is 5.97 Å². The van der Waals surface area contributed by atoms with Gasteiger partial charge < -0.3 is 20.1 Å². The largest absolute Gasteiger partial charge is 0.469 e. The van der Waals surface area contributed by atoms with Gasteiger partial charge in [0.1, 0.15) is 0 Å². The van der Waals surface area contributed by atoms with Crippen LogP contribution in [0.5, 0.6) is 0 Å². The maximum absolute atomic E-state index is 11.1. The average Bonchev–Trinajstić information content (AvgIpc) is 2.74. The van der Waals surface area contributed by atoms with E-state index >= 15 is 0 Å². The fourth-order valence-electron chi connectivity index (χ4n) is 3.16. The van der Waals surface area contributed by atoms with Crippen LogP contribution in [0.4, 0.5) is 0 Å². The zero-order valence-corrected chi connectivity index (χ0v) is 17.2. The van der Waals surface area contributed by atoms with Crippen LogP contribution in [-0.2, 0) is 27.4 Å². The molecular formula is C21H34N4O3. The van der Waals surface area contributed by atoms with E-state index < -0.39 is 0 Å². The minimum atomic E-state index is -0.138. The van der Waals surface area contributed by atoms with Gasteiger partial charge in [-0.2, -0.15) is 0 Å². The molecule has 1 fully saturated rings. The van der Waals surface area contributed by atoms with Crippen molar-refractivity contribution in [3.8, 4) is 0 Å². The van der Waals surface area contributed by atoms with Crippen LogP contribution < -0.4 is 10.6 Å². The fraction of sp³-hybridized carbons (Fsp3) is 0.619. The van der Waals surface area contributed by atoms with Crippen LogP contribution in [0, 0.1) is 0 Å². The van der Waals surface area contributed by atoms with E-state index in [0.29, 0.717) is 6.42 Å². The van der Waals surface area contributed by atoms with Crippen molar-refractivity contribution in [3.63, 3.8) is 0 Å². The summed E-state index contributed by atoms with van der Waals surface area (Å²) in [6.45, 7) is 6.13. The van der Waals surface area contributed by atoms with Crippen molar-refractivity contribution in [1.82, 2.24) is 15.5 Å². The van der Waals surface area contributed by atoms with Crippen LogP contribution in [0.1, 0.15) is 36.8 Å². The number of morpholine rings is 1. The number of guanidine groups is 1. The van der Waals surface area contributed by atoms with E-state index in [-0.39, 0.29) is 5.97 Å². The molecular weight excluding hydrogens is 356 g/mol. The first-order valence-corrected chi connectivity index (χ1v) is 10.1. The lowest BCUT2D eigenvalue weighted by atomic mass is 10.1. The maximum atomic E-state index is 11.1. The Morgan fingerprint density at radius 3 is 2.61 bits per heavy atom. The molecule has 0 spiro atoms. The van der Waals surface area contributed by atoms with E-state index in [0.717, 1.165) is 71.2 Å². The number of nitrogens with zero attached hydrogens (tertiary/aromatic N) is 2. The molecule has 0 aliphatic carbocycles. The predicted octanol–water partition coefficient (Wildman–Crippen LogP) is 1.92. The number of rotatable bonds is 10. The highest BCUT2D eigenvalue weighted by atomic mass is 16.5. The van der Waals surface area contributed by atoms with Crippen LogP contribution in [0.2, 0.25) is 0 Å². The van der Waals surface area contributed by atoms with Gasteiger partial charge in [-0.25, -0.2) is 0 Å². The Bertz CT molecular complexity index is 615. The van der Waals surface area contributed by atoms with Crippen molar-refractivity contribution in [2.75, 3.05) is 47.0 Å². The molecule has 1 saturated heterocycles. The number of hydrogen-bond acceptors (Lipinski definition) is 5. The lowest BCUT2D eigenvalue weighted by molar-refractivity contribution is -0.140. The third-order valence-electron chi connectivity index (χ3n) is 4.86. The first kappa shape index (κ1) is 22.2. The zero-order valence-electron chi connectivity index (χ0n) is 17.2. The van der Waals surface area contributed by atoms with E-state index in [1.807, 2.05) is 0 Å². The average molecular weight is 391 g/mol. The highest BCUT2D eigenvalue weighted by Gasteiger charge is 2.12. The molecule has 0 saturated carbocycles. The van der Waals surface area contributed by atoms with E-state index in [1.54, 1.807) is 7.05 Å². The smallest absolute Gasteiger partial charge is 0.305 e. The minimum absolute atomic E-state index is 0.138. The molecule has 1 heterocycles. The van der Waals surface area contributed by atoms with Crippen LogP contribution in [0.15, 0.2) is 29.3 Å². The Morgan fingerprint density at radius 1 is 1.14 bits per heavy atom. The highest BCUT2D eigenvalue weighted by molar-refractivity contribution is 5.79. The van der Waals surface area contributed by atoms with Gasteiger partial charge in [0.15, 0.2) is 5.96 Å². The molecule has 28 heavy (non-hydrogen) atoms. The molecule has 0 amide bonds. The standard InChI is InChI=1S/C21H34N4O3/c1-22-21(23-11-7-3-4-10-20(26)27-2)24-16-18-8-5-6-9-19(18)17-25-12-14-28-15-13-25/h5-6,8-9H,3-4,7,10-17H2,1-2H3,(H2,22,23,24). The minimum Gasteiger partial charge on any atom is -0.469 e. The number of benzene rings is 1. The molecule has 0 bridgehead atoms. The Labute approximate surface area is 168 Å². The third kappa shape index (κ3) is 8.27. The number of ether oxygens (including phenoxy) is 2. The molecule has 1 aromatic rings. The maximum Gasteiger partial charge on any atom is 0.305 e. The van der Waals surface area contributed by atoms with Crippen molar-refractivity contribution in [1.29, 1.82) is 0 Å². The second-order valence-electron chi connectivity index (χ2n) is 6.90. The van der Waals surface area contributed by atoms with Gasteiger partial charge in [0.2, 0.25) is 0 Å². The van der Waals surface area contributed by atoms with Gasteiger partial charge in [-0.15, -0.1) is 0 Å². The zero-order chi connectivity index (χ0) is 20.0. The number of carbonyl (C=O) groups excluding carboxylic acids is 1. The summed E-state index contributed by atoms with van der Waals surface area (Å²) in [6, 6.07) is 8.55. The number of carbonyl (C=O) groups is 1. The predicted molar refractivity (Wildman–Crippen MR) is 111 cm³/mol. The van der Waals surface area contributed by atoms with Gasteiger partial charge in [-0.3, -0.25) is 14.7 Å². The molecule has 1 aliphatic heterocycles. The molecule has 7 heteroatoms. The van der Waals surface area contributed by atoms with E-state index in [2.05, 4.69) is 49.5 Å². The first-order valence-electron chi connectivity index (χ1n) is 10.1.